The predicted octanol–water partition coefficient (Wildman–Crippen LogP) is 2.75. The molecular weight excluding hydrogens is 376 g/mol. The first kappa shape index (κ1) is 20.6. The van der Waals surface area contributed by atoms with E-state index in [1.807, 2.05) is 16.8 Å². The van der Waals surface area contributed by atoms with Crippen LogP contribution in [0.1, 0.15) is 42.9 Å². The van der Waals surface area contributed by atoms with Gasteiger partial charge in [-0.25, -0.2) is 9.67 Å². The summed E-state index contributed by atoms with van der Waals surface area (Å²) in [6.07, 6.45) is 2.94. The molecule has 2 unspecified atom stereocenters. The SMILES string of the molecule is CCC(CNC(=NC)NC1CCc2nc(COC)nn2C1)c1ccc(Cl)cc1. The van der Waals surface area contributed by atoms with Gasteiger partial charge in [-0.15, -0.1) is 0 Å². The fraction of sp³-hybridized carbons (Fsp3) is 0.550. The van der Waals surface area contributed by atoms with E-state index < -0.39 is 0 Å². The molecule has 1 aliphatic rings. The van der Waals surface area contributed by atoms with E-state index in [0.29, 0.717) is 12.5 Å². The molecule has 0 spiro atoms. The molecule has 1 aromatic heterocycles. The molecule has 2 aromatic rings. The first-order valence-corrected chi connectivity index (χ1v) is 10.1. The molecule has 1 aromatic carbocycles. The minimum absolute atomic E-state index is 0.270. The summed E-state index contributed by atoms with van der Waals surface area (Å²) in [6, 6.07) is 8.36. The molecule has 0 saturated carbocycles. The van der Waals surface area contributed by atoms with Crippen molar-refractivity contribution in [2.45, 2.75) is 51.3 Å². The predicted molar refractivity (Wildman–Crippen MR) is 112 cm³/mol. The van der Waals surface area contributed by atoms with Crippen LogP contribution in [0.2, 0.25) is 5.02 Å². The average Bonchev–Trinajstić information content (AvgIpc) is 3.10. The van der Waals surface area contributed by atoms with Crippen molar-refractivity contribution in [1.29, 1.82) is 0 Å². The Kier molecular flexibility index (Phi) is 7.28. The molecule has 1 aliphatic heterocycles. The molecule has 2 N–H and O–H groups in total. The number of halogens is 1. The number of rotatable bonds is 7. The molecule has 28 heavy (non-hydrogen) atoms. The van der Waals surface area contributed by atoms with E-state index in [-0.39, 0.29) is 6.04 Å². The summed E-state index contributed by atoms with van der Waals surface area (Å²) in [4.78, 5) is 8.92. The lowest BCUT2D eigenvalue weighted by Crippen LogP contribution is -2.47. The fourth-order valence-corrected chi connectivity index (χ4v) is 3.64. The quantitative estimate of drug-likeness (QED) is 0.548. The smallest absolute Gasteiger partial charge is 0.191 e. The maximum absolute atomic E-state index is 6.01. The fourth-order valence-electron chi connectivity index (χ4n) is 3.51. The average molecular weight is 405 g/mol. The van der Waals surface area contributed by atoms with Crippen LogP contribution in [0, 0.1) is 0 Å². The van der Waals surface area contributed by atoms with Crippen LogP contribution in [-0.4, -0.2) is 47.5 Å². The van der Waals surface area contributed by atoms with Crippen LogP contribution in [0.5, 0.6) is 0 Å². The molecule has 3 rings (SSSR count). The topological polar surface area (TPSA) is 76.4 Å². The number of benzene rings is 1. The monoisotopic (exact) mass is 404 g/mol. The Labute approximate surface area is 171 Å². The highest BCUT2D eigenvalue weighted by atomic mass is 35.5. The van der Waals surface area contributed by atoms with E-state index in [4.69, 9.17) is 16.3 Å². The van der Waals surface area contributed by atoms with Gasteiger partial charge in [-0.3, -0.25) is 4.99 Å². The van der Waals surface area contributed by atoms with Gasteiger partial charge < -0.3 is 15.4 Å². The summed E-state index contributed by atoms with van der Waals surface area (Å²) in [6.45, 7) is 4.24. The maximum Gasteiger partial charge on any atom is 0.191 e. The van der Waals surface area contributed by atoms with E-state index in [2.05, 4.69) is 44.8 Å². The summed E-state index contributed by atoms with van der Waals surface area (Å²) in [5.41, 5.74) is 1.28. The molecule has 152 valence electrons. The van der Waals surface area contributed by atoms with Crippen LogP contribution in [0.3, 0.4) is 0 Å². The number of aryl methyl sites for hydroxylation is 1. The summed E-state index contributed by atoms with van der Waals surface area (Å²) >= 11 is 6.01. The van der Waals surface area contributed by atoms with Gasteiger partial charge in [0.05, 0.1) is 6.54 Å². The first-order valence-electron chi connectivity index (χ1n) is 9.77. The Hall–Kier alpha value is -2.12. The highest BCUT2D eigenvalue weighted by Crippen LogP contribution is 2.21. The van der Waals surface area contributed by atoms with Crippen molar-refractivity contribution in [3.05, 3.63) is 46.5 Å². The van der Waals surface area contributed by atoms with Crippen LogP contribution >= 0.6 is 11.6 Å². The third-order valence-corrected chi connectivity index (χ3v) is 5.34. The second kappa shape index (κ2) is 9.89. The third-order valence-electron chi connectivity index (χ3n) is 5.09. The zero-order valence-corrected chi connectivity index (χ0v) is 17.5. The van der Waals surface area contributed by atoms with Crippen LogP contribution in [-0.2, 0) is 24.3 Å². The Morgan fingerprint density at radius 1 is 1.39 bits per heavy atom. The molecule has 8 heteroatoms. The van der Waals surface area contributed by atoms with Gasteiger partial charge in [0.15, 0.2) is 11.8 Å². The number of guanidine groups is 1. The zero-order chi connectivity index (χ0) is 19.9. The van der Waals surface area contributed by atoms with Gasteiger partial charge in [-0.2, -0.15) is 5.10 Å². The normalized spacial score (nSPS) is 17.9. The van der Waals surface area contributed by atoms with E-state index in [1.54, 1.807) is 14.2 Å². The molecule has 0 radical (unpaired) electrons. The van der Waals surface area contributed by atoms with Crippen molar-refractivity contribution in [2.75, 3.05) is 20.7 Å². The highest BCUT2D eigenvalue weighted by molar-refractivity contribution is 6.30. The maximum atomic E-state index is 6.01. The van der Waals surface area contributed by atoms with Crippen molar-refractivity contribution in [3.63, 3.8) is 0 Å². The minimum Gasteiger partial charge on any atom is -0.377 e. The van der Waals surface area contributed by atoms with Gasteiger partial charge in [0, 0.05) is 44.1 Å². The molecule has 0 fully saturated rings. The summed E-state index contributed by atoms with van der Waals surface area (Å²) in [5.74, 6) is 3.00. The van der Waals surface area contributed by atoms with Crippen LogP contribution < -0.4 is 10.6 Å². The molecule has 7 nitrogen and oxygen atoms in total. The van der Waals surface area contributed by atoms with Gasteiger partial charge in [0.25, 0.3) is 0 Å². The Morgan fingerprint density at radius 2 is 2.18 bits per heavy atom. The number of hydrogen-bond donors (Lipinski definition) is 2. The standard InChI is InChI=1S/C20H29ClN6O/c1-4-14(15-5-7-16(21)8-6-15)11-23-20(22-2)24-17-9-10-19-25-18(13-28-3)26-27(19)12-17/h5-8,14,17H,4,9-13H2,1-3H3,(H2,22,23,24). The van der Waals surface area contributed by atoms with Crippen LogP contribution in [0.25, 0.3) is 0 Å². The molecule has 0 bridgehead atoms. The van der Waals surface area contributed by atoms with Gasteiger partial charge in [0.2, 0.25) is 0 Å². The van der Waals surface area contributed by atoms with Gasteiger partial charge >= 0.3 is 0 Å². The second-order valence-corrected chi connectivity index (χ2v) is 7.49. The highest BCUT2D eigenvalue weighted by Gasteiger charge is 2.22. The molecule has 2 heterocycles. The number of methoxy groups -OCH3 is 1. The van der Waals surface area contributed by atoms with Crippen molar-refractivity contribution >= 4 is 17.6 Å². The Morgan fingerprint density at radius 3 is 2.86 bits per heavy atom. The Balaban J connectivity index is 1.54. The third kappa shape index (κ3) is 5.23. The number of aromatic nitrogens is 3. The Bertz CT molecular complexity index is 788. The molecule has 2 atom stereocenters. The number of nitrogens with zero attached hydrogens (tertiary/aromatic N) is 4. The van der Waals surface area contributed by atoms with E-state index in [0.717, 1.165) is 55.0 Å². The van der Waals surface area contributed by atoms with Gasteiger partial charge in [-0.05, 0) is 30.5 Å². The lowest BCUT2D eigenvalue weighted by atomic mass is 9.96. The molecular formula is C20H29ClN6O. The van der Waals surface area contributed by atoms with E-state index in [1.165, 1.54) is 5.56 Å². The largest absolute Gasteiger partial charge is 0.377 e. The van der Waals surface area contributed by atoms with E-state index in [9.17, 15) is 0 Å². The van der Waals surface area contributed by atoms with Crippen molar-refractivity contribution in [3.8, 4) is 0 Å². The second-order valence-electron chi connectivity index (χ2n) is 7.05. The van der Waals surface area contributed by atoms with Gasteiger partial charge in [0.1, 0.15) is 12.4 Å². The first-order chi connectivity index (χ1) is 13.6. The molecule has 0 amide bonds. The summed E-state index contributed by atoms with van der Waals surface area (Å²) < 4.78 is 7.11. The summed E-state index contributed by atoms with van der Waals surface area (Å²) in [5, 5.41) is 12.3. The van der Waals surface area contributed by atoms with Crippen LogP contribution in [0.15, 0.2) is 29.3 Å². The lowest BCUT2D eigenvalue weighted by Gasteiger charge is -2.26. The number of nitrogens with one attached hydrogen (secondary N) is 2. The zero-order valence-electron chi connectivity index (χ0n) is 16.8. The number of aliphatic imine (C=N–C) groups is 1. The number of ether oxygens (including phenoxy) is 1. The van der Waals surface area contributed by atoms with Crippen molar-refractivity contribution in [1.82, 2.24) is 25.4 Å². The number of fused-ring (bicyclic) bond motifs is 1. The number of hydrogen-bond acceptors (Lipinski definition) is 4. The van der Waals surface area contributed by atoms with Crippen molar-refractivity contribution < 1.29 is 4.74 Å². The van der Waals surface area contributed by atoms with E-state index >= 15 is 0 Å². The molecule has 0 aliphatic carbocycles. The van der Waals surface area contributed by atoms with Crippen LogP contribution in [0.4, 0.5) is 0 Å². The van der Waals surface area contributed by atoms with Gasteiger partial charge in [-0.1, -0.05) is 30.7 Å². The minimum atomic E-state index is 0.270. The lowest BCUT2D eigenvalue weighted by molar-refractivity contribution is 0.177. The van der Waals surface area contributed by atoms with Crippen molar-refractivity contribution in [2.24, 2.45) is 4.99 Å². The summed E-state index contributed by atoms with van der Waals surface area (Å²) in [7, 11) is 3.46. The molecule has 0 saturated heterocycles.